The van der Waals surface area contributed by atoms with Crippen LogP contribution in [0.25, 0.3) is 0 Å². The Kier molecular flexibility index (Phi) is 4.72. The second-order valence-electron chi connectivity index (χ2n) is 4.47. The van der Waals surface area contributed by atoms with E-state index >= 15 is 0 Å². The normalized spacial score (nSPS) is 10.8. The Bertz CT molecular complexity index is 476. The van der Waals surface area contributed by atoms with Crippen molar-refractivity contribution in [2.45, 2.75) is 39.5 Å². The fourth-order valence-corrected chi connectivity index (χ4v) is 3.82. The fourth-order valence-electron chi connectivity index (χ4n) is 1.95. The van der Waals surface area contributed by atoms with Crippen LogP contribution in [-0.4, -0.2) is 5.78 Å². The number of aryl methyl sites for hydroxylation is 2. The molecule has 18 heavy (non-hydrogen) atoms. The number of thiophene rings is 2. The molecule has 0 unspecified atom stereocenters. The van der Waals surface area contributed by atoms with Crippen LogP contribution in [0.15, 0.2) is 22.9 Å². The average molecular weight is 278 g/mol. The predicted octanol–water partition coefficient (Wildman–Crippen LogP) is 4.95. The first-order chi connectivity index (χ1) is 8.74. The summed E-state index contributed by atoms with van der Waals surface area (Å²) in [5.41, 5.74) is 2.58. The van der Waals surface area contributed by atoms with E-state index in [2.05, 4.69) is 36.7 Å². The van der Waals surface area contributed by atoms with E-state index in [4.69, 9.17) is 0 Å². The molecule has 0 saturated heterocycles. The van der Waals surface area contributed by atoms with Crippen LogP contribution < -0.4 is 0 Å². The Labute approximate surface area is 116 Å². The number of ketones is 1. The maximum absolute atomic E-state index is 12.3. The topological polar surface area (TPSA) is 17.1 Å². The van der Waals surface area contributed by atoms with Crippen molar-refractivity contribution < 1.29 is 4.79 Å². The SMILES string of the molecule is CCCc1csc(C(=O)c2cc(CCC)cs2)c1. The molecule has 3 heteroatoms. The van der Waals surface area contributed by atoms with Gasteiger partial charge in [-0.25, -0.2) is 0 Å². The smallest absolute Gasteiger partial charge is 0.212 e. The minimum atomic E-state index is 0.190. The standard InChI is InChI=1S/C15H18OS2/c1-3-5-11-7-13(17-9-11)15(16)14-8-12(6-4-2)10-18-14/h7-10H,3-6H2,1-2H3. The quantitative estimate of drug-likeness (QED) is 0.684. The first kappa shape index (κ1) is 13.5. The summed E-state index contributed by atoms with van der Waals surface area (Å²) >= 11 is 3.14. The van der Waals surface area contributed by atoms with Crippen molar-refractivity contribution in [1.29, 1.82) is 0 Å². The minimum absolute atomic E-state index is 0.190. The molecule has 2 rings (SSSR count). The largest absolute Gasteiger partial charge is 0.287 e. The summed E-state index contributed by atoms with van der Waals surface area (Å²) in [4.78, 5) is 14.1. The molecule has 0 spiro atoms. The van der Waals surface area contributed by atoms with E-state index in [0.717, 1.165) is 35.4 Å². The Hall–Kier alpha value is -0.930. The van der Waals surface area contributed by atoms with Crippen molar-refractivity contribution in [3.63, 3.8) is 0 Å². The first-order valence-corrected chi connectivity index (χ1v) is 8.20. The van der Waals surface area contributed by atoms with Gasteiger partial charge in [0.1, 0.15) is 0 Å². The molecule has 0 bridgehead atoms. The molecule has 2 heterocycles. The van der Waals surface area contributed by atoms with Crippen LogP contribution in [0.3, 0.4) is 0 Å². The highest BCUT2D eigenvalue weighted by molar-refractivity contribution is 7.15. The summed E-state index contributed by atoms with van der Waals surface area (Å²) in [6.07, 6.45) is 4.39. The van der Waals surface area contributed by atoms with Crippen molar-refractivity contribution >= 4 is 28.5 Å². The minimum Gasteiger partial charge on any atom is -0.287 e. The van der Waals surface area contributed by atoms with Crippen LogP contribution in [0.2, 0.25) is 0 Å². The van der Waals surface area contributed by atoms with Gasteiger partial charge in [-0.05, 0) is 46.9 Å². The molecule has 0 fully saturated rings. The van der Waals surface area contributed by atoms with E-state index in [0.29, 0.717) is 0 Å². The lowest BCUT2D eigenvalue weighted by Gasteiger charge is -1.93. The highest BCUT2D eigenvalue weighted by Crippen LogP contribution is 2.24. The molecule has 0 aromatic carbocycles. The maximum Gasteiger partial charge on any atom is 0.212 e. The molecule has 0 aliphatic carbocycles. The molecular formula is C15H18OS2. The van der Waals surface area contributed by atoms with Gasteiger partial charge in [0.05, 0.1) is 9.75 Å². The molecule has 1 nitrogen and oxygen atoms in total. The lowest BCUT2D eigenvalue weighted by Crippen LogP contribution is -1.94. The lowest BCUT2D eigenvalue weighted by atomic mass is 10.1. The first-order valence-electron chi connectivity index (χ1n) is 6.44. The molecule has 0 amide bonds. The third-order valence-electron chi connectivity index (χ3n) is 2.83. The molecule has 0 radical (unpaired) electrons. The Morgan fingerprint density at radius 1 is 0.944 bits per heavy atom. The summed E-state index contributed by atoms with van der Waals surface area (Å²) in [6, 6.07) is 4.10. The molecule has 96 valence electrons. The van der Waals surface area contributed by atoms with E-state index in [9.17, 15) is 4.79 Å². The Balaban J connectivity index is 2.13. The van der Waals surface area contributed by atoms with Gasteiger partial charge in [0.25, 0.3) is 0 Å². The van der Waals surface area contributed by atoms with Gasteiger partial charge in [-0.2, -0.15) is 0 Å². The van der Waals surface area contributed by atoms with Gasteiger partial charge in [0.2, 0.25) is 5.78 Å². The summed E-state index contributed by atoms with van der Waals surface area (Å²) in [5, 5.41) is 4.22. The zero-order valence-electron chi connectivity index (χ0n) is 10.9. The summed E-state index contributed by atoms with van der Waals surface area (Å²) in [6.45, 7) is 4.32. The molecule has 0 aliphatic rings. The van der Waals surface area contributed by atoms with E-state index in [1.54, 1.807) is 22.7 Å². The monoisotopic (exact) mass is 278 g/mol. The van der Waals surface area contributed by atoms with Crippen LogP contribution in [0, 0.1) is 0 Å². The van der Waals surface area contributed by atoms with Crippen LogP contribution in [0.4, 0.5) is 0 Å². The van der Waals surface area contributed by atoms with E-state index < -0.39 is 0 Å². The van der Waals surface area contributed by atoms with Gasteiger partial charge in [0, 0.05) is 0 Å². The molecular weight excluding hydrogens is 260 g/mol. The van der Waals surface area contributed by atoms with Crippen molar-refractivity contribution in [2.24, 2.45) is 0 Å². The predicted molar refractivity (Wildman–Crippen MR) is 80.1 cm³/mol. The Morgan fingerprint density at radius 2 is 1.39 bits per heavy atom. The average Bonchev–Trinajstić information content (AvgIpc) is 2.98. The maximum atomic E-state index is 12.3. The van der Waals surface area contributed by atoms with Gasteiger partial charge in [-0.3, -0.25) is 4.79 Å². The summed E-state index contributed by atoms with van der Waals surface area (Å²) in [7, 11) is 0. The number of carbonyl (C=O) groups is 1. The zero-order chi connectivity index (χ0) is 13.0. The third kappa shape index (κ3) is 3.09. The van der Waals surface area contributed by atoms with Crippen molar-refractivity contribution in [1.82, 2.24) is 0 Å². The number of rotatable bonds is 6. The van der Waals surface area contributed by atoms with Gasteiger partial charge in [-0.1, -0.05) is 26.7 Å². The van der Waals surface area contributed by atoms with E-state index in [1.165, 1.54) is 11.1 Å². The summed E-state index contributed by atoms with van der Waals surface area (Å²) in [5.74, 6) is 0.190. The molecule has 0 atom stereocenters. The number of carbonyl (C=O) groups excluding carboxylic acids is 1. The van der Waals surface area contributed by atoms with Gasteiger partial charge < -0.3 is 0 Å². The fraction of sp³-hybridized carbons (Fsp3) is 0.400. The second kappa shape index (κ2) is 6.30. The van der Waals surface area contributed by atoms with Crippen LogP contribution >= 0.6 is 22.7 Å². The van der Waals surface area contributed by atoms with E-state index in [-0.39, 0.29) is 5.78 Å². The molecule has 0 N–H and O–H groups in total. The van der Waals surface area contributed by atoms with Crippen LogP contribution in [0.5, 0.6) is 0 Å². The van der Waals surface area contributed by atoms with Gasteiger partial charge in [-0.15, -0.1) is 22.7 Å². The number of hydrogen-bond donors (Lipinski definition) is 0. The Morgan fingerprint density at radius 3 is 1.78 bits per heavy atom. The molecule has 0 aliphatic heterocycles. The molecule has 0 saturated carbocycles. The second-order valence-corrected chi connectivity index (χ2v) is 6.29. The highest BCUT2D eigenvalue weighted by Gasteiger charge is 2.13. The van der Waals surface area contributed by atoms with Gasteiger partial charge >= 0.3 is 0 Å². The number of hydrogen-bond acceptors (Lipinski definition) is 3. The van der Waals surface area contributed by atoms with E-state index in [1.807, 2.05) is 0 Å². The summed E-state index contributed by atoms with van der Waals surface area (Å²) < 4.78 is 0. The van der Waals surface area contributed by atoms with Crippen molar-refractivity contribution in [3.8, 4) is 0 Å². The third-order valence-corrected chi connectivity index (χ3v) is 4.79. The van der Waals surface area contributed by atoms with Crippen molar-refractivity contribution in [2.75, 3.05) is 0 Å². The van der Waals surface area contributed by atoms with Crippen molar-refractivity contribution in [3.05, 3.63) is 43.8 Å². The van der Waals surface area contributed by atoms with Crippen LogP contribution in [0.1, 0.15) is 52.4 Å². The van der Waals surface area contributed by atoms with Crippen LogP contribution in [-0.2, 0) is 12.8 Å². The lowest BCUT2D eigenvalue weighted by molar-refractivity contribution is 0.104. The van der Waals surface area contributed by atoms with Gasteiger partial charge in [0.15, 0.2) is 0 Å². The zero-order valence-corrected chi connectivity index (χ0v) is 12.5. The molecule has 2 aromatic rings. The molecule has 2 aromatic heterocycles. The highest BCUT2D eigenvalue weighted by atomic mass is 32.1.